The van der Waals surface area contributed by atoms with Gasteiger partial charge in [0.2, 0.25) is 5.91 Å². The van der Waals surface area contributed by atoms with Gasteiger partial charge in [-0.25, -0.2) is 4.79 Å². The number of nitrogens with zero attached hydrogens (tertiary/aromatic N) is 1. The molecule has 0 fully saturated rings. The highest BCUT2D eigenvalue weighted by Gasteiger charge is 2.31. The summed E-state index contributed by atoms with van der Waals surface area (Å²) in [7, 11) is 2.77. The summed E-state index contributed by atoms with van der Waals surface area (Å²) in [5.74, 6) is -0.401. The van der Waals surface area contributed by atoms with Gasteiger partial charge in [-0.15, -0.1) is 0 Å². The van der Waals surface area contributed by atoms with Crippen LogP contribution in [0.2, 0.25) is 0 Å². The van der Waals surface area contributed by atoms with Crippen LogP contribution in [0.4, 0.5) is 0 Å². The molecule has 2 aromatic carbocycles. The van der Waals surface area contributed by atoms with Gasteiger partial charge in [0, 0.05) is 19.5 Å². The third-order valence-corrected chi connectivity index (χ3v) is 5.20. The summed E-state index contributed by atoms with van der Waals surface area (Å²) in [5.41, 5.74) is 2.79. The first kappa shape index (κ1) is 22.1. The molecule has 0 saturated heterocycles. The van der Waals surface area contributed by atoms with Gasteiger partial charge in [0.15, 0.2) is 11.5 Å². The topological polar surface area (TPSA) is 82.1 Å². The fourth-order valence-corrected chi connectivity index (χ4v) is 3.68. The monoisotopic (exact) mass is 423 g/mol. The Labute approximate surface area is 181 Å². The maximum atomic E-state index is 12.8. The van der Waals surface area contributed by atoms with Gasteiger partial charge in [-0.3, -0.25) is 9.59 Å². The first-order valence-corrected chi connectivity index (χ1v) is 9.92. The SMILES string of the molecule is COC(=O)/C=C/c1ccc(OC(=O)CC2c3ccccc3CCN2C(C)=O)c(OC)c1. The molecule has 1 aliphatic rings. The minimum Gasteiger partial charge on any atom is -0.493 e. The number of ether oxygens (including phenoxy) is 3. The van der Waals surface area contributed by atoms with Crippen LogP contribution in [0.25, 0.3) is 6.08 Å². The van der Waals surface area contributed by atoms with Crippen LogP contribution in [0, 0.1) is 0 Å². The quantitative estimate of drug-likeness (QED) is 0.403. The molecule has 0 aliphatic carbocycles. The van der Waals surface area contributed by atoms with Crippen molar-refractivity contribution in [3.63, 3.8) is 0 Å². The second-order valence-electron chi connectivity index (χ2n) is 7.12. The maximum absolute atomic E-state index is 12.8. The molecular formula is C24H25NO6. The van der Waals surface area contributed by atoms with Crippen molar-refractivity contribution in [2.75, 3.05) is 20.8 Å². The van der Waals surface area contributed by atoms with Crippen molar-refractivity contribution in [2.45, 2.75) is 25.8 Å². The Balaban J connectivity index is 1.77. The molecule has 0 spiro atoms. The van der Waals surface area contributed by atoms with Gasteiger partial charge < -0.3 is 19.1 Å². The Morgan fingerprint density at radius 3 is 2.58 bits per heavy atom. The number of hydrogen-bond donors (Lipinski definition) is 0. The van der Waals surface area contributed by atoms with Gasteiger partial charge in [0.25, 0.3) is 0 Å². The van der Waals surface area contributed by atoms with Crippen LogP contribution in [0.5, 0.6) is 11.5 Å². The van der Waals surface area contributed by atoms with Crippen LogP contribution in [0.1, 0.15) is 36.1 Å². The van der Waals surface area contributed by atoms with Gasteiger partial charge in [-0.05, 0) is 41.3 Å². The van der Waals surface area contributed by atoms with Crippen molar-refractivity contribution >= 4 is 23.9 Å². The molecule has 0 saturated carbocycles. The first-order chi connectivity index (χ1) is 14.9. The molecule has 0 radical (unpaired) electrons. The van der Waals surface area contributed by atoms with Gasteiger partial charge in [-0.2, -0.15) is 0 Å². The molecule has 1 atom stereocenters. The molecule has 0 bridgehead atoms. The Bertz CT molecular complexity index is 1010. The average molecular weight is 423 g/mol. The second-order valence-corrected chi connectivity index (χ2v) is 7.12. The molecule has 7 nitrogen and oxygen atoms in total. The van der Waals surface area contributed by atoms with E-state index in [2.05, 4.69) is 4.74 Å². The highest BCUT2D eigenvalue weighted by Crippen LogP contribution is 2.34. The predicted octanol–water partition coefficient (Wildman–Crippen LogP) is 3.32. The van der Waals surface area contributed by atoms with Crippen molar-refractivity contribution in [2.24, 2.45) is 0 Å². The number of carbonyl (C=O) groups is 3. The lowest BCUT2D eigenvalue weighted by Gasteiger charge is -2.36. The van der Waals surface area contributed by atoms with E-state index >= 15 is 0 Å². The summed E-state index contributed by atoms with van der Waals surface area (Å²) in [6, 6.07) is 12.4. The number of carbonyl (C=O) groups excluding carboxylic acids is 3. The van der Waals surface area contributed by atoms with E-state index in [0.717, 1.165) is 17.5 Å². The van der Waals surface area contributed by atoms with Crippen molar-refractivity contribution < 1.29 is 28.6 Å². The van der Waals surface area contributed by atoms with Crippen LogP contribution in [0.3, 0.4) is 0 Å². The predicted molar refractivity (Wildman–Crippen MR) is 115 cm³/mol. The van der Waals surface area contributed by atoms with Crippen LogP contribution < -0.4 is 9.47 Å². The summed E-state index contributed by atoms with van der Waals surface area (Å²) in [4.78, 5) is 37.9. The van der Waals surface area contributed by atoms with Crippen LogP contribution in [0.15, 0.2) is 48.5 Å². The van der Waals surface area contributed by atoms with E-state index in [0.29, 0.717) is 17.9 Å². The average Bonchev–Trinajstić information content (AvgIpc) is 2.78. The minimum atomic E-state index is -0.475. The van der Waals surface area contributed by atoms with Crippen molar-refractivity contribution in [3.8, 4) is 11.5 Å². The van der Waals surface area contributed by atoms with Gasteiger partial charge >= 0.3 is 11.9 Å². The Kier molecular flexibility index (Phi) is 7.07. The van der Waals surface area contributed by atoms with E-state index in [9.17, 15) is 14.4 Å². The van der Waals surface area contributed by atoms with Gasteiger partial charge in [-0.1, -0.05) is 30.3 Å². The normalized spacial score (nSPS) is 15.3. The lowest BCUT2D eigenvalue weighted by atomic mass is 9.90. The fraction of sp³-hybridized carbons (Fsp3) is 0.292. The van der Waals surface area contributed by atoms with E-state index in [4.69, 9.17) is 9.47 Å². The number of rotatable bonds is 6. The van der Waals surface area contributed by atoms with Crippen molar-refractivity contribution in [3.05, 3.63) is 65.2 Å². The molecular weight excluding hydrogens is 398 g/mol. The summed E-state index contributed by atoms with van der Waals surface area (Å²) < 4.78 is 15.5. The minimum absolute atomic E-state index is 0.0315. The third-order valence-electron chi connectivity index (χ3n) is 5.20. The Morgan fingerprint density at radius 2 is 1.87 bits per heavy atom. The zero-order valence-corrected chi connectivity index (χ0v) is 17.8. The molecule has 1 amide bonds. The summed E-state index contributed by atoms with van der Waals surface area (Å²) in [6.45, 7) is 2.07. The molecule has 162 valence electrons. The molecule has 1 heterocycles. The van der Waals surface area contributed by atoms with E-state index in [1.807, 2.05) is 24.3 Å². The number of esters is 2. The third kappa shape index (κ3) is 5.31. The van der Waals surface area contributed by atoms with E-state index < -0.39 is 11.9 Å². The van der Waals surface area contributed by atoms with Gasteiger partial charge in [0.05, 0.1) is 26.7 Å². The number of fused-ring (bicyclic) bond motifs is 1. The maximum Gasteiger partial charge on any atom is 0.330 e. The Morgan fingerprint density at radius 1 is 1.10 bits per heavy atom. The molecule has 0 N–H and O–H groups in total. The number of amides is 1. The van der Waals surface area contributed by atoms with Gasteiger partial charge in [0.1, 0.15) is 0 Å². The molecule has 7 heteroatoms. The smallest absolute Gasteiger partial charge is 0.330 e. The first-order valence-electron chi connectivity index (χ1n) is 9.92. The standard InChI is InChI=1S/C24H25NO6/c1-16(26)25-13-12-18-6-4-5-7-19(18)20(25)15-24(28)31-21-10-8-17(14-22(21)29-2)9-11-23(27)30-3/h4-11,14,20H,12-13,15H2,1-3H3/b11-9+. The molecule has 1 aliphatic heterocycles. The molecule has 31 heavy (non-hydrogen) atoms. The van der Waals surface area contributed by atoms with E-state index in [1.54, 1.807) is 29.2 Å². The molecule has 3 rings (SSSR count). The number of benzene rings is 2. The number of hydrogen-bond acceptors (Lipinski definition) is 6. The summed E-state index contributed by atoms with van der Waals surface area (Å²) >= 11 is 0. The van der Waals surface area contributed by atoms with Crippen LogP contribution in [-0.4, -0.2) is 43.5 Å². The highest BCUT2D eigenvalue weighted by molar-refractivity contribution is 5.87. The lowest BCUT2D eigenvalue weighted by Crippen LogP contribution is -2.40. The second kappa shape index (κ2) is 9.93. The molecule has 1 unspecified atom stereocenters. The fourth-order valence-electron chi connectivity index (χ4n) is 3.68. The van der Waals surface area contributed by atoms with Crippen molar-refractivity contribution in [1.29, 1.82) is 0 Å². The molecule has 0 aromatic heterocycles. The summed E-state index contributed by atoms with van der Waals surface area (Å²) in [5, 5.41) is 0. The zero-order chi connectivity index (χ0) is 22.4. The summed E-state index contributed by atoms with van der Waals surface area (Å²) in [6.07, 6.45) is 3.65. The molecule has 2 aromatic rings. The van der Waals surface area contributed by atoms with Crippen LogP contribution >= 0.6 is 0 Å². The van der Waals surface area contributed by atoms with E-state index in [-0.39, 0.29) is 24.1 Å². The Hall–Kier alpha value is -3.61. The van der Waals surface area contributed by atoms with Crippen molar-refractivity contribution in [1.82, 2.24) is 4.90 Å². The number of methoxy groups -OCH3 is 2. The van der Waals surface area contributed by atoms with E-state index in [1.165, 1.54) is 27.2 Å². The lowest BCUT2D eigenvalue weighted by molar-refractivity contribution is -0.139. The van der Waals surface area contributed by atoms with Crippen LogP contribution in [-0.2, 0) is 25.5 Å². The largest absolute Gasteiger partial charge is 0.493 e. The zero-order valence-electron chi connectivity index (χ0n) is 17.8. The highest BCUT2D eigenvalue weighted by atomic mass is 16.6.